The van der Waals surface area contributed by atoms with Gasteiger partial charge in [0.15, 0.2) is 0 Å². The third-order valence-corrected chi connectivity index (χ3v) is 3.19. The predicted octanol–water partition coefficient (Wildman–Crippen LogP) is 1.70. The Kier molecular flexibility index (Phi) is 3.46. The minimum absolute atomic E-state index is 0.157. The van der Waals surface area contributed by atoms with Crippen molar-refractivity contribution in [3.05, 3.63) is 29.8 Å². The molecule has 1 fully saturated rings. The molecule has 1 atom stereocenters. The van der Waals surface area contributed by atoms with Gasteiger partial charge in [0.1, 0.15) is 0 Å². The van der Waals surface area contributed by atoms with E-state index in [0.717, 1.165) is 37.2 Å². The van der Waals surface area contributed by atoms with Crippen molar-refractivity contribution >= 4 is 5.69 Å². The molecule has 1 saturated heterocycles. The van der Waals surface area contributed by atoms with E-state index in [1.807, 2.05) is 24.3 Å². The van der Waals surface area contributed by atoms with Gasteiger partial charge in [-0.05, 0) is 25.8 Å². The van der Waals surface area contributed by atoms with Crippen molar-refractivity contribution in [1.82, 2.24) is 0 Å². The maximum Gasteiger partial charge on any atom is 0.0781 e. The first-order chi connectivity index (χ1) is 7.68. The van der Waals surface area contributed by atoms with Gasteiger partial charge in [0.05, 0.1) is 12.2 Å². The van der Waals surface area contributed by atoms with Crippen molar-refractivity contribution in [3.8, 4) is 0 Å². The van der Waals surface area contributed by atoms with Gasteiger partial charge >= 0.3 is 0 Å². The second kappa shape index (κ2) is 4.85. The average Bonchev–Trinajstić information content (AvgIpc) is 2.30. The highest BCUT2D eigenvalue weighted by molar-refractivity contribution is 5.54. The quantitative estimate of drug-likeness (QED) is 0.799. The average molecular weight is 221 g/mol. The van der Waals surface area contributed by atoms with Crippen LogP contribution in [0.2, 0.25) is 0 Å². The second-order valence-electron chi connectivity index (χ2n) is 4.45. The molecule has 1 aliphatic rings. The molecule has 0 unspecified atom stereocenters. The number of rotatable bonds is 2. The fraction of sp³-hybridized carbons (Fsp3) is 0.538. The van der Waals surface area contributed by atoms with E-state index < -0.39 is 6.10 Å². The molecular weight excluding hydrogens is 202 g/mol. The maximum atomic E-state index is 9.71. The Balaban J connectivity index is 2.19. The highest BCUT2D eigenvalue weighted by atomic mass is 16.3. The van der Waals surface area contributed by atoms with Gasteiger partial charge in [-0.25, -0.2) is 0 Å². The van der Waals surface area contributed by atoms with Crippen LogP contribution in [-0.2, 0) is 0 Å². The standard InChI is InChI=1S/C13H19NO2/c1-10(15)12-4-2-3-5-13(12)14-8-6-11(16)7-9-14/h2-5,10-11,15-16H,6-9H2,1H3/t10-/m0/s1. The number of piperidine rings is 1. The van der Waals surface area contributed by atoms with Crippen molar-refractivity contribution in [2.45, 2.75) is 32.0 Å². The SMILES string of the molecule is C[C@H](O)c1ccccc1N1CCC(O)CC1. The van der Waals surface area contributed by atoms with Crippen molar-refractivity contribution in [2.24, 2.45) is 0 Å². The summed E-state index contributed by atoms with van der Waals surface area (Å²) >= 11 is 0. The Labute approximate surface area is 96.3 Å². The summed E-state index contributed by atoms with van der Waals surface area (Å²) < 4.78 is 0. The lowest BCUT2D eigenvalue weighted by atomic mass is 10.0. The predicted molar refractivity (Wildman–Crippen MR) is 64.5 cm³/mol. The van der Waals surface area contributed by atoms with Crippen molar-refractivity contribution in [3.63, 3.8) is 0 Å². The summed E-state index contributed by atoms with van der Waals surface area (Å²) in [5.74, 6) is 0. The first-order valence-electron chi connectivity index (χ1n) is 5.88. The van der Waals surface area contributed by atoms with Crippen LogP contribution in [0.3, 0.4) is 0 Å². The molecular formula is C13H19NO2. The number of anilines is 1. The van der Waals surface area contributed by atoms with Crippen LogP contribution in [0.15, 0.2) is 24.3 Å². The largest absolute Gasteiger partial charge is 0.393 e. The molecule has 2 rings (SSSR count). The highest BCUT2D eigenvalue weighted by Gasteiger charge is 2.20. The summed E-state index contributed by atoms with van der Waals surface area (Å²) in [6.07, 6.45) is 1.03. The van der Waals surface area contributed by atoms with Gasteiger partial charge in [-0.1, -0.05) is 18.2 Å². The molecule has 0 radical (unpaired) electrons. The van der Waals surface area contributed by atoms with Crippen LogP contribution in [0.4, 0.5) is 5.69 Å². The summed E-state index contributed by atoms with van der Waals surface area (Å²) in [4.78, 5) is 2.24. The Bertz CT molecular complexity index is 344. The molecule has 0 spiro atoms. The van der Waals surface area contributed by atoms with E-state index in [0.29, 0.717) is 0 Å². The molecule has 2 N–H and O–H groups in total. The van der Waals surface area contributed by atoms with Crippen LogP contribution in [-0.4, -0.2) is 29.4 Å². The van der Waals surface area contributed by atoms with Crippen molar-refractivity contribution in [1.29, 1.82) is 0 Å². The zero-order valence-corrected chi connectivity index (χ0v) is 9.63. The number of benzene rings is 1. The summed E-state index contributed by atoms with van der Waals surface area (Å²) in [5.41, 5.74) is 2.07. The van der Waals surface area contributed by atoms with Crippen LogP contribution in [0, 0.1) is 0 Å². The number of aliphatic hydroxyl groups excluding tert-OH is 2. The summed E-state index contributed by atoms with van der Waals surface area (Å²) in [5, 5.41) is 19.2. The number of nitrogens with zero attached hydrogens (tertiary/aromatic N) is 1. The zero-order valence-electron chi connectivity index (χ0n) is 9.63. The number of hydrogen-bond donors (Lipinski definition) is 2. The normalized spacial score (nSPS) is 19.8. The monoisotopic (exact) mass is 221 g/mol. The molecule has 1 aromatic carbocycles. The van der Waals surface area contributed by atoms with E-state index in [1.165, 1.54) is 0 Å². The van der Waals surface area contributed by atoms with Gasteiger partial charge in [-0.3, -0.25) is 0 Å². The molecule has 16 heavy (non-hydrogen) atoms. The van der Waals surface area contributed by atoms with Crippen LogP contribution in [0.5, 0.6) is 0 Å². The minimum atomic E-state index is -0.442. The molecule has 1 aliphatic heterocycles. The minimum Gasteiger partial charge on any atom is -0.393 e. The summed E-state index contributed by atoms with van der Waals surface area (Å²) in [7, 11) is 0. The Morgan fingerprint density at radius 3 is 2.50 bits per heavy atom. The second-order valence-corrected chi connectivity index (χ2v) is 4.45. The smallest absolute Gasteiger partial charge is 0.0781 e. The lowest BCUT2D eigenvalue weighted by Gasteiger charge is -2.33. The summed E-state index contributed by atoms with van der Waals surface area (Å²) in [6, 6.07) is 7.95. The van der Waals surface area contributed by atoms with E-state index in [2.05, 4.69) is 4.90 Å². The van der Waals surface area contributed by atoms with E-state index in [1.54, 1.807) is 6.92 Å². The van der Waals surface area contributed by atoms with Crippen LogP contribution in [0.25, 0.3) is 0 Å². The van der Waals surface area contributed by atoms with Crippen LogP contribution in [0.1, 0.15) is 31.4 Å². The first-order valence-corrected chi connectivity index (χ1v) is 5.88. The third kappa shape index (κ3) is 2.36. The van der Waals surface area contributed by atoms with Gasteiger partial charge in [0, 0.05) is 24.3 Å². The number of hydrogen-bond acceptors (Lipinski definition) is 3. The lowest BCUT2D eigenvalue weighted by molar-refractivity contribution is 0.145. The molecule has 88 valence electrons. The van der Waals surface area contributed by atoms with Crippen LogP contribution < -0.4 is 4.90 Å². The van der Waals surface area contributed by atoms with Gasteiger partial charge in [-0.15, -0.1) is 0 Å². The van der Waals surface area contributed by atoms with Gasteiger partial charge in [0.2, 0.25) is 0 Å². The van der Waals surface area contributed by atoms with Crippen molar-refractivity contribution < 1.29 is 10.2 Å². The van der Waals surface area contributed by atoms with Crippen LogP contribution >= 0.6 is 0 Å². The third-order valence-electron chi connectivity index (χ3n) is 3.19. The summed E-state index contributed by atoms with van der Waals surface area (Å²) in [6.45, 7) is 3.52. The fourth-order valence-corrected chi connectivity index (χ4v) is 2.24. The Morgan fingerprint density at radius 2 is 1.88 bits per heavy atom. The van der Waals surface area contributed by atoms with Gasteiger partial charge < -0.3 is 15.1 Å². The zero-order chi connectivity index (χ0) is 11.5. The van der Waals surface area contributed by atoms with E-state index in [4.69, 9.17) is 0 Å². The molecule has 0 aliphatic carbocycles. The lowest BCUT2D eigenvalue weighted by Crippen LogP contribution is -2.36. The Morgan fingerprint density at radius 1 is 1.25 bits per heavy atom. The van der Waals surface area contributed by atoms with Gasteiger partial charge in [-0.2, -0.15) is 0 Å². The van der Waals surface area contributed by atoms with Gasteiger partial charge in [0.25, 0.3) is 0 Å². The highest BCUT2D eigenvalue weighted by Crippen LogP contribution is 2.28. The number of aliphatic hydroxyl groups is 2. The fourth-order valence-electron chi connectivity index (χ4n) is 2.24. The topological polar surface area (TPSA) is 43.7 Å². The van der Waals surface area contributed by atoms with E-state index >= 15 is 0 Å². The maximum absolute atomic E-state index is 9.71. The molecule has 0 bridgehead atoms. The molecule has 0 saturated carbocycles. The molecule has 3 heteroatoms. The number of para-hydroxylation sites is 1. The molecule has 0 amide bonds. The molecule has 3 nitrogen and oxygen atoms in total. The van der Waals surface area contributed by atoms with E-state index in [-0.39, 0.29) is 6.10 Å². The molecule has 0 aromatic heterocycles. The molecule has 1 aromatic rings. The van der Waals surface area contributed by atoms with E-state index in [9.17, 15) is 10.2 Å². The molecule has 1 heterocycles. The first kappa shape index (κ1) is 11.4. The van der Waals surface area contributed by atoms with Crippen molar-refractivity contribution in [2.75, 3.05) is 18.0 Å². The Hall–Kier alpha value is -1.06.